The predicted octanol–water partition coefficient (Wildman–Crippen LogP) is 1.85. The Balaban J connectivity index is 0.000000861. The molecule has 0 saturated carbocycles. The quantitative estimate of drug-likeness (QED) is 0.806. The number of ether oxygens (including phenoxy) is 1. The summed E-state index contributed by atoms with van der Waals surface area (Å²) in [5, 5.41) is 3.98. The first-order chi connectivity index (χ1) is 9.13. The van der Waals surface area contributed by atoms with Gasteiger partial charge < -0.3 is 9.30 Å². The average molecular weight is 330 g/mol. The van der Waals surface area contributed by atoms with Gasteiger partial charge in [-0.05, 0) is 22.9 Å². The molecule has 0 N–H and O–H groups in total. The molecule has 2 aromatic rings. The molecule has 0 atom stereocenters. The minimum atomic E-state index is -0.436. The van der Waals surface area contributed by atoms with Crippen molar-refractivity contribution in [2.75, 3.05) is 6.61 Å². The summed E-state index contributed by atoms with van der Waals surface area (Å²) in [5.74, 6) is -0.436. The van der Waals surface area contributed by atoms with Crippen LogP contribution in [0.1, 0.15) is 20.8 Å². The van der Waals surface area contributed by atoms with E-state index in [0.29, 0.717) is 16.6 Å². The summed E-state index contributed by atoms with van der Waals surface area (Å²) in [5.41, 5.74) is 0.113. The molecule has 7 heteroatoms. The Morgan fingerprint density at radius 1 is 1.42 bits per heavy atom. The van der Waals surface area contributed by atoms with Gasteiger partial charge in [0.15, 0.2) is 0 Å². The molecule has 2 heterocycles. The summed E-state index contributed by atoms with van der Waals surface area (Å²) >= 11 is 3.24. The van der Waals surface area contributed by atoms with Crippen molar-refractivity contribution in [1.29, 1.82) is 0 Å². The molecule has 2 rings (SSSR count). The van der Waals surface area contributed by atoms with Crippen LogP contribution in [0.5, 0.6) is 0 Å². The van der Waals surface area contributed by atoms with Crippen molar-refractivity contribution in [1.82, 2.24) is 14.2 Å². The van der Waals surface area contributed by atoms with Crippen LogP contribution in [0, 0.1) is 0 Å². The van der Waals surface area contributed by atoms with Crippen molar-refractivity contribution in [2.45, 2.75) is 27.3 Å². The highest BCUT2D eigenvalue weighted by Crippen LogP contribution is 2.12. The summed E-state index contributed by atoms with van der Waals surface area (Å²) in [6.07, 6.45) is 4.65. The largest absolute Gasteiger partial charge is 0.465 e. The van der Waals surface area contributed by atoms with E-state index < -0.39 is 5.97 Å². The number of hydrogen-bond acceptors (Lipinski definition) is 4. The molecule has 0 spiro atoms. The number of esters is 1. The topological polar surface area (TPSA) is 65.6 Å². The van der Waals surface area contributed by atoms with Crippen molar-refractivity contribution in [2.24, 2.45) is 0 Å². The van der Waals surface area contributed by atoms with Gasteiger partial charge in [0.1, 0.15) is 12.1 Å². The summed E-state index contributed by atoms with van der Waals surface area (Å²) in [6, 6.07) is 0. The second-order valence-corrected chi connectivity index (χ2v) is 4.18. The Morgan fingerprint density at radius 2 is 2.11 bits per heavy atom. The van der Waals surface area contributed by atoms with E-state index in [-0.39, 0.29) is 12.1 Å². The maximum atomic E-state index is 12.0. The van der Waals surface area contributed by atoms with Gasteiger partial charge in [-0.1, -0.05) is 13.8 Å². The van der Waals surface area contributed by atoms with E-state index in [1.54, 1.807) is 13.1 Å². The maximum absolute atomic E-state index is 12.0. The van der Waals surface area contributed by atoms with E-state index in [0.717, 1.165) is 0 Å². The third kappa shape index (κ3) is 3.44. The Labute approximate surface area is 119 Å². The lowest BCUT2D eigenvalue weighted by molar-refractivity contribution is -0.143. The first-order valence-corrected chi connectivity index (χ1v) is 6.80. The van der Waals surface area contributed by atoms with Crippen LogP contribution in [0.15, 0.2) is 27.9 Å². The third-order valence-electron chi connectivity index (χ3n) is 2.21. The van der Waals surface area contributed by atoms with Crippen molar-refractivity contribution < 1.29 is 9.53 Å². The van der Waals surface area contributed by atoms with Crippen molar-refractivity contribution >= 4 is 27.4 Å². The normalized spacial score (nSPS) is 9.89. The van der Waals surface area contributed by atoms with Gasteiger partial charge in [0.05, 0.1) is 17.3 Å². The smallest absolute Gasteiger partial charge is 0.326 e. The van der Waals surface area contributed by atoms with Gasteiger partial charge in [-0.25, -0.2) is 4.52 Å². The van der Waals surface area contributed by atoms with Crippen LogP contribution >= 0.6 is 15.9 Å². The van der Waals surface area contributed by atoms with Crippen LogP contribution in [0.2, 0.25) is 0 Å². The van der Waals surface area contributed by atoms with Crippen LogP contribution in [0.4, 0.5) is 0 Å². The third-order valence-corrected chi connectivity index (χ3v) is 2.79. The first kappa shape index (κ1) is 15.4. The summed E-state index contributed by atoms with van der Waals surface area (Å²) in [6.45, 7) is 5.92. The van der Waals surface area contributed by atoms with E-state index in [9.17, 15) is 9.59 Å². The van der Waals surface area contributed by atoms with Gasteiger partial charge in [-0.15, -0.1) is 0 Å². The van der Waals surface area contributed by atoms with Gasteiger partial charge in [0.2, 0.25) is 0 Å². The number of fused-ring (bicyclic) bond motifs is 1. The van der Waals surface area contributed by atoms with Crippen molar-refractivity contribution in [3.63, 3.8) is 0 Å². The summed E-state index contributed by atoms with van der Waals surface area (Å²) in [7, 11) is 0. The minimum Gasteiger partial charge on any atom is -0.465 e. The highest BCUT2D eigenvalue weighted by Gasteiger charge is 2.10. The Kier molecular flexibility index (Phi) is 5.75. The minimum absolute atomic E-state index is 0.0964. The second kappa shape index (κ2) is 7.08. The van der Waals surface area contributed by atoms with Crippen molar-refractivity contribution in [3.8, 4) is 0 Å². The van der Waals surface area contributed by atoms with Crippen LogP contribution in [0.3, 0.4) is 0 Å². The molecule has 0 fully saturated rings. The molecule has 19 heavy (non-hydrogen) atoms. The van der Waals surface area contributed by atoms with E-state index in [4.69, 9.17) is 4.74 Å². The summed E-state index contributed by atoms with van der Waals surface area (Å²) in [4.78, 5) is 23.3. The maximum Gasteiger partial charge on any atom is 0.326 e. The highest BCUT2D eigenvalue weighted by atomic mass is 79.9. The molecular formula is C12H16BrN3O3. The second-order valence-electron chi connectivity index (χ2n) is 3.32. The Hall–Kier alpha value is -1.63. The lowest BCUT2D eigenvalue weighted by Crippen LogP contribution is -2.26. The molecule has 2 aromatic heterocycles. The number of aromatic nitrogens is 3. The molecule has 0 aliphatic carbocycles. The predicted molar refractivity (Wildman–Crippen MR) is 75.1 cm³/mol. The molecule has 0 aromatic carbocycles. The number of nitrogens with zero attached hydrogens (tertiary/aromatic N) is 3. The van der Waals surface area contributed by atoms with Gasteiger partial charge >= 0.3 is 5.97 Å². The number of rotatable bonds is 3. The molecule has 104 valence electrons. The van der Waals surface area contributed by atoms with Gasteiger partial charge in [-0.3, -0.25) is 9.59 Å². The average Bonchev–Trinajstić information content (AvgIpc) is 2.78. The SMILES string of the molecule is CC.CCOC(=O)Cn1ccn2ncc(Br)c2c1=O. The lowest BCUT2D eigenvalue weighted by atomic mass is 10.5. The molecule has 0 amide bonds. The molecule has 0 aliphatic rings. The lowest BCUT2D eigenvalue weighted by Gasteiger charge is -2.05. The molecule has 0 radical (unpaired) electrons. The van der Waals surface area contributed by atoms with E-state index in [2.05, 4.69) is 21.0 Å². The molecule has 6 nitrogen and oxygen atoms in total. The Bertz CT molecular complexity index is 618. The highest BCUT2D eigenvalue weighted by molar-refractivity contribution is 9.10. The molecule has 0 saturated heterocycles. The fourth-order valence-electron chi connectivity index (χ4n) is 1.47. The number of carbonyl (C=O) groups excluding carboxylic acids is 1. The Morgan fingerprint density at radius 3 is 2.74 bits per heavy atom. The standard InChI is InChI=1S/C10H10BrN3O3.C2H6/c1-2-17-8(15)6-13-3-4-14-9(10(13)16)7(11)5-12-14;1-2/h3-5H,2,6H2,1H3;1-2H3. The van der Waals surface area contributed by atoms with Gasteiger partial charge in [0, 0.05) is 12.4 Å². The monoisotopic (exact) mass is 329 g/mol. The molecule has 0 bridgehead atoms. The zero-order valence-electron chi connectivity index (χ0n) is 11.1. The van der Waals surface area contributed by atoms with Gasteiger partial charge in [-0.2, -0.15) is 5.10 Å². The molecular weight excluding hydrogens is 314 g/mol. The zero-order valence-corrected chi connectivity index (χ0v) is 12.7. The van der Waals surface area contributed by atoms with E-state index in [1.807, 2.05) is 13.8 Å². The van der Waals surface area contributed by atoms with E-state index >= 15 is 0 Å². The van der Waals surface area contributed by atoms with Gasteiger partial charge in [0.25, 0.3) is 5.56 Å². The van der Waals surface area contributed by atoms with Crippen LogP contribution < -0.4 is 5.56 Å². The van der Waals surface area contributed by atoms with Crippen LogP contribution in [-0.4, -0.2) is 26.8 Å². The summed E-state index contributed by atoms with van der Waals surface area (Å²) < 4.78 is 8.13. The van der Waals surface area contributed by atoms with Crippen LogP contribution in [0.25, 0.3) is 5.52 Å². The first-order valence-electron chi connectivity index (χ1n) is 6.01. The van der Waals surface area contributed by atoms with E-state index in [1.165, 1.54) is 21.5 Å². The number of halogens is 1. The molecule has 0 unspecified atom stereocenters. The van der Waals surface area contributed by atoms with Crippen molar-refractivity contribution in [3.05, 3.63) is 33.4 Å². The number of carbonyl (C=O) groups is 1. The fourth-order valence-corrected chi connectivity index (χ4v) is 1.91. The fraction of sp³-hybridized carbons (Fsp3) is 0.417. The molecule has 0 aliphatic heterocycles. The van der Waals surface area contributed by atoms with Crippen LogP contribution in [-0.2, 0) is 16.1 Å². The number of hydrogen-bond donors (Lipinski definition) is 0. The zero-order chi connectivity index (χ0) is 14.4.